The highest BCUT2D eigenvalue weighted by Gasteiger charge is 2.14. The van der Waals surface area contributed by atoms with Gasteiger partial charge in [-0.2, -0.15) is 0 Å². The summed E-state index contributed by atoms with van der Waals surface area (Å²) in [5.74, 6) is 1.54. The number of hydrogen-bond donors (Lipinski definition) is 1. The maximum Gasteiger partial charge on any atom is 0.211 e. The molecule has 0 saturated carbocycles. The molecule has 1 aliphatic heterocycles. The van der Waals surface area contributed by atoms with Gasteiger partial charge in [0.25, 0.3) is 0 Å². The Bertz CT molecular complexity index is 512. The van der Waals surface area contributed by atoms with Gasteiger partial charge in [0.1, 0.15) is 11.6 Å². The molecule has 106 valence electrons. The van der Waals surface area contributed by atoms with Gasteiger partial charge in [-0.3, -0.25) is 0 Å². The molecule has 1 saturated heterocycles. The predicted molar refractivity (Wildman–Crippen MR) is 74.4 cm³/mol. The lowest BCUT2D eigenvalue weighted by molar-refractivity contribution is 0.578. The van der Waals surface area contributed by atoms with Crippen molar-refractivity contribution in [3.63, 3.8) is 0 Å². The van der Waals surface area contributed by atoms with Crippen LogP contribution in [0.4, 0.5) is 5.82 Å². The van der Waals surface area contributed by atoms with Crippen molar-refractivity contribution < 1.29 is 8.42 Å². The number of nitrogens with zero attached hydrogens (tertiary/aromatic N) is 3. The van der Waals surface area contributed by atoms with Crippen LogP contribution in [0.5, 0.6) is 0 Å². The SMILES string of the molecule is CCCS(=O)(=O)NCc1nccc(N2CCCC2)n1. The maximum absolute atomic E-state index is 11.6. The lowest BCUT2D eigenvalue weighted by Crippen LogP contribution is -2.27. The van der Waals surface area contributed by atoms with Gasteiger partial charge in [0, 0.05) is 19.3 Å². The van der Waals surface area contributed by atoms with Crippen molar-refractivity contribution in [3.05, 3.63) is 18.1 Å². The summed E-state index contributed by atoms with van der Waals surface area (Å²) in [4.78, 5) is 10.7. The van der Waals surface area contributed by atoms with E-state index in [2.05, 4.69) is 19.6 Å². The smallest absolute Gasteiger partial charge is 0.211 e. The molecule has 0 aliphatic carbocycles. The van der Waals surface area contributed by atoms with Gasteiger partial charge in [-0.1, -0.05) is 6.92 Å². The van der Waals surface area contributed by atoms with Gasteiger partial charge >= 0.3 is 0 Å². The number of rotatable bonds is 6. The first-order valence-electron chi connectivity index (χ1n) is 6.65. The minimum Gasteiger partial charge on any atom is -0.357 e. The van der Waals surface area contributed by atoms with Crippen LogP contribution in [0.3, 0.4) is 0 Å². The molecule has 0 atom stereocenters. The molecule has 6 nitrogen and oxygen atoms in total. The fourth-order valence-electron chi connectivity index (χ4n) is 2.11. The van der Waals surface area contributed by atoms with Gasteiger partial charge in [0.2, 0.25) is 10.0 Å². The number of hydrogen-bond acceptors (Lipinski definition) is 5. The van der Waals surface area contributed by atoms with Crippen LogP contribution in [0.25, 0.3) is 0 Å². The topological polar surface area (TPSA) is 75.2 Å². The molecular formula is C12H20N4O2S. The molecule has 1 aliphatic rings. The second-order valence-corrected chi connectivity index (χ2v) is 6.59. The maximum atomic E-state index is 11.6. The average Bonchev–Trinajstić information content (AvgIpc) is 2.91. The Morgan fingerprint density at radius 1 is 1.37 bits per heavy atom. The van der Waals surface area contributed by atoms with E-state index in [4.69, 9.17) is 0 Å². The summed E-state index contributed by atoms with van der Waals surface area (Å²) in [6.07, 6.45) is 4.65. The van der Waals surface area contributed by atoms with E-state index < -0.39 is 10.0 Å². The predicted octanol–water partition coefficient (Wildman–Crippen LogP) is 0.906. The molecule has 0 amide bonds. The van der Waals surface area contributed by atoms with E-state index in [9.17, 15) is 8.42 Å². The highest BCUT2D eigenvalue weighted by molar-refractivity contribution is 7.89. The molecule has 0 radical (unpaired) electrons. The highest BCUT2D eigenvalue weighted by atomic mass is 32.2. The molecule has 0 spiro atoms. The first-order valence-corrected chi connectivity index (χ1v) is 8.30. The molecule has 0 aromatic carbocycles. The molecule has 7 heteroatoms. The highest BCUT2D eigenvalue weighted by Crippen LogP contribution is 2.16. The van der Waals surface area contributed by atoms with Crippen LogP contribution in [0.15, 0.2) is 12.3 Å². The monoisotopic (exact) mass is 284 g/mol. The van der Waals surface area contributed by atoms with Crippen LogP contribution < -0.4 is 9.62 Å². The van der Waals surface area contributed by atoms with E-state index in [1.807, 2.05) is 13.0 Å². The third kappa shape index (κ3) is 4.14. The Kier molecular flexibility index (Phi) is 4.71. The first-order chi connectivity index (χ1) is 9.11. The van der Waals surface area contributed by atoms with Crippen molar-refractivity contribution in [2.45, 2.75) is 32.7 Å². The fourth-order valence-corrected chi connectivity index (χ4v) is 3.14. The lowest BCUT2D eigenvalue weighted by Gasteiger charge is -2.16. The van der Waals surface area contributed by atoms with Gasteiger partial charge < -0.3 is 4.90 Å². The number of nitrogens with one attached hydrogen (secondary N) is 1. The Morgan fingerprint density at radius 3 is 2.79 bits per heavy atom. The van der Waals surface area contributed by atoms with Gasteiger partial charge in [0.15, 0.2) is 0 Å². The molecule has 0 bridgehead atoms. The number of sulfonamides is 1. The van der Waals surface area contributed by atoms with Crippen LogP contribution >= 0.6 is 0 Å². The standard InChI is InChI=1S/C12H20N4O2S/c1-2-9-19(17,18)14-10-11-13-6-5-12(15-11)16-7-3-4-8-16/h5-6,14H,2-4,7-10H2,1H3. The largest absolute Gasteiger partial charge is 0.357 e. The number of aromatic nitrogens is 2. The van der Waals surface area contributed by atoms with Gasteiger partial charge in [-0.05, 0) is 25.3 Å². The molecule has 1 N–H and O–H groups in total. The van der Waals surface area contributed by atoms with Crippen molar-refractivity contribution in [1.29, 1.82) is 0 Å². The second kappa shape index (κ2) is 6.29. The normalized spacial score (nSPS) is 15.9. The summed E-state index contributed by atoms with van der Waals surface area (Å²) in [7, 11) is -3.21. The van der Waals surface area contributed by atoms with E-state index in [0.717, 1.165) is 18.9 Å². The molecule has 2 heterocycles. The van der Waals surface area contributed by atoms with Crippen molar-refractivity contribution in [2.24, 2.45) is 0 Å². The first kappa shape index (κ1) is 14.2. The molecular weight excluding hydrogens is 264 g/mol. The van der Waals surface area contributed by atoms with E-state index >= 15 is 0 Å². The fraction of sp³-hybridized carbons (Fsp3) is 0.667. The quantitative estimate of drug-likeness (QED) is 0.840. The van der Waals surface area contributed by atoms with Crippen molar-refractivity contribution in [1.82, 2.24) is 14.7 Å². The van der Waals surface area contributed by atoms with E-state index in [1.54, 1.807) is 6.20 Å². The molecule has 1 aromatic heterocycles. The minimum absolute atomic E-state index is 0.138. The van der Waals surface area contributed by atoms with Crippen LogP contribution in [0.1, 0.15) is 32.0 Å². The molecule has 19 heavy (non-hydrogen) atoms. The Morgan fingerprint density at radius 2 is 2.11 bits per heavy atom. The van der Waals surface area contributed by atoms with E-state index in [0.29, 0.717) is 12.2 Å². The van der Waals surface area contributed by atoms with Gasteiger partial charge in [0.05, 0.1) is 12.3 Å². The third-order valence-electron chi connectivity index (χ3n) is 3.04. The van der Waals surface area contributed by atoms with Crippen molar-refractivity contribution in [2.75, 3.05) is 23.7 Å². The van der Waals surface area contributed by atoms with Gasteiger partial charge in [-0.15, -0.1) is 0 Å². The van der Waals surface area contributed by atoms with Crippen LogP contribution in [0.2, 0.25) is 0 Å². The van der Waals surface area contributed by atoms with Gasteiger partial charge in [-0.25, -0.2) is 23.1 Å². The lowest BCUT2D eigenvalue weighted by atomic mass is 10.4. The summed E-state index contributed by atoms with van der Waals surface area (Å²) in [5.41, 5.74) is 0. The Labute approximate surface area is 114 Å². The van der Waals surface area contributed by atoms with Crippen LogP contribution in [-0.2, 0) is 16.6 Å². The zero-order valence-electron chi connectivity index (χ0n) is 11.2. The molecule has 1 fully saturated rings. The Balaban J connectivity index is 1.99. The average molecular weight is 284 g/mol. The summed E-state index contributed by atoms with van der Waals surface area (Å²) in [6, 6.07) is 1.87. The minimum atomic E-state index is -3.21. The summed E-state index contributed by atoms with van der Waals surface area (Å²) in [6.45, 7) is 4.02. The summed E-state index contributed by atoms with van der Waals surface area (Å²) >= 11 is 0. The molecule has 1 aromatic rings. The van der Waals surface area contributed by atoms with Crippen molar-refractivity contribution in [3.8, 4) is 0 Å². The van der Waals surface area contributed by atoms with E-state index in [1.165, 1.54) is 12.8 Å². The summed E-state index contributed by atoms with van der Waals surface area (Å²) < 4.78 is 25.7. The molecule has 2 rings (SSSR count). The third-order valence-corrected chi connectivity index (χ3v) is 4.57. The zero-order valence-corrected chi connectivity index (χ0v) is 12.0. The van der Waals surface area contributed by atoms with Crippen LogP contribution in [0, 0.1) is 0 Å². The second-order valence-electron chi connectivity index (χ2n) is 4.67. The summed E-state index contributed by atoms with van der Waals surface area (Å²) in [5, 5.41) is 0. The van der Waals surface area contributed by atoms with Crippen molar-refractivity contribution >= 4 is 15.8 Å². The van der Waals surface area contributed by atoms with E-state index in [-0.39, 0.29) is 12.3 Å². The zero-order chi connectivity index (χ0) is 13.7. The van der Waals surface area contributed by atoms with Crippen LogP contribution in [-0.4, -0.2) is 37.2 Å². The number of anilines is 1. The molecule has 0 unspecified atom stereocenters. The Hall–Kier alpha value is -1.21.